The molecule has 7 nitrogen and oxygen atoms in total. The highest BCUT2D eigenvalue weighted by molar-refractivity contribution is 6.13. The van der Waals surface area contributed by atoms with E-state index >= 15 is 0 Å². The number of hydrogen-bond acceptors (Lipinski definition) is 6. The minimum atomic E-state index is -0.693. The van der Waals surface area contributed by atoms with Gasteiger partial charge >= 0.3 is 11.9 Å². The molecule has 0 spiro atoms. The highest BCUT2D eigenvalue weighted by atomic mass is 16.5. The van der Waals surface area contributed by atoms with Crippen molar-refractivity contribution in [2.75, 3.05) is 13.7 Å². The molecule has 3 aromatic carbocycles. The van der Waals surface area contributed by atoms with Crippen LogP contribution in [-0.4, -0.2) is 37.3 Å². The summed E-state index contributed by atoms with van der Waals surface area (Å²) >= 11 is 0. The van der Waals surface area contributed by atoms with Crippen LogP contribution in [0, 0.1) is 0 Å². The van der Waals surface area contributed by atoms with Gasteiger partial charge in [-0.1, -0.05) is 60.7 Å². The van der Waals surface area contributed by atoms with Crippen molar-refractivity contribution >= 4 is 23.6 Å². The molecular formula is C24H20N2O5. The third-order valence-electron chi connectivity index (χ3n) is 4.26. The number of rotatable bonds is 7. The molecule has 1 amide bonds. The molecule has 0 aliphatic rings. The van der Waals surface area contributed by atoms with E-state index in [4.69, 9.17) is 4.74 Å². The van der Waals surface area contributed by atoms with Crippen molar-refractivity contribution in [3.05, 3.63) is 107 Å². The van der Waals surface area contributed by atoms with E-state index in [2.05, 4.69) is 15.3 Å². The summed E-state index contributed by atoms with van der Waals surface area (Å²) in [4.78, 5) is 35.7. The lowest BCUT2D eigenvalue weighted by Crippen LogP contribution is -2.26. The summed E-state index contributed by atoms with van der Waals surface area (Å²) in [6.45, 7) is -0.502. The fourth-order valence-corrected chi connectivity index (χ4v) is 2.71. The molecule has 7 heteroatoms. The topological polar surface area (TPSA) is 94.1 Å². The minimum absolute atomic E-state index is 0.207. The normalized spacial score (nSPS) is 9.97. The molecule has 156 valence electrons. The van der Waals surface area contributed by atoms with Crippen LogP contribution in [0.1, 0.15) is 31.8 Å². The van der Waals surface area contributed by atoms with Crippen molar-refractivity contribution < 1.29 is 23.9 Å². The van der Waals surface area contributed by atoms with Gasteiger partial charge in [0, 0.05) is 11.1 Å². The molecule has 0 unspecified atom stereocenters. The third kappa shape index (κ3) is 5.86. The van der Waals surface area contributed by atoms with Crippen molar-refractivity contribution in [3.63, 3.8) is 0 Å². The van der Waals surface area contributed by atoms with E-state index in [0.717, 1.165) is 11.1 Å². The summed E-state index contributed by atoms with van der Waals surface area (Å²) in [5, 5.41) is 4.23. The van der Waals surface area contributed by atoms with E-state index in [9.17, 15) is 14.4 Å². The van der Waals surface area contributed by atoms with E-state index in [1.165, 1.54) is 31.4 Å². The number of esters is 2. The Morgan fingerprint density at radius 2 is 1.19 bits per heavy atom. The van der Waals surface area contributed by atoms with Crippen LogP contribution in [0.5, 0.6) is 0 Å². The summed E-state index contributed by atoms with van der Waals surface area (Å²) in [7, 11) is 1.27. The standard InChI is InChI=1S/C24H20N2O5/c1-30-23(28)19-12-14-20(15-13-19)24(29)31-16-21(27)25-26-22(17-8-4-2-5-9-17)18-10-6-3-7-11-18/h2-15H,16H2,1H3,(H,25,27). The molecule has 31 heavy (non-hydrogen) atoms. The van der Waals surface area contributed by atoms with E-state index in [-0.39, 0.29) is 5.56 Å². The minimum Gasteiger partial charge on any atom is -0.465 e. The number of ether oxygens (including phenoxy) is 2. The van der Waals surface area contributed by atoms with E-state index in [1.807, 2.05) is 60.7 Å². The van der Waals surface area contributed by atoms with Gasteiger partial charge in [-0.3, -0.25) is 4.79 Å². The Labute approximate surface area is 179 Å². The van der Waals surface area contributed by atoms with Gasteiger partial charge < -0.3 is 9.47 Å². The van der Waals surface area contributed by atoms with Crippen molar-refractivity contribution in [2.24, 2.45) is 5.10 Å². The van der Waals surface area contributed by atoms with Gasteiger partial charge in [-0.15, -0.1) is 0 Å². The molecule has 0 radical (unpaired) electrons. The Balaban J connectivity index is 1.63. The van der Waals surface area contributed by atoms with Crippen LogP contribution < -0.4 is 5.43 Å². The molecule has 3 rings (SSSR count). The number of carbonyl (C=O) groups excluding carboxylic acids is 3. The first-order chi connectivity index (χ1) is 15.1. The quantitative estimate of drug-likeness (QED) is 0.363. The highest BCUT2D eigenvalue weighted by Gasteiger charge is 2.13. The van der Waals surface area contributed by atoms with Gasteiger partial charge in [0.1, 0.15) is 0 Å². The predicted molar refractivity (Wildman–Crippen MR) is 115 cm³/mol. The Morgan fingerprint density at radius 3 is 1.68 bits per heavy atom. The summed E-state index contributed by atoms with van der Waals surface area (Å²) in [5.74, 6) is -1.78. The van der Waals surface area contributed by atoms with Gasteiger partial charge in [0.15, 0.2) is 6.61 Å². The van der Waals surface area contributed by atoms with Crippen molar-refractivity contribution in [2.45, 2.75) is 0 Å². The zero-order valence-electron chi connectivity index (χ0n) is 16.8. The first-order valence-electron chi connectivity index (χ1n) is 9.41. The van der Waals surface area contributed by atoms with Crippen LogP contribution in [0.15, 0.2) is 90.0 Å². The molecular weight excluding hydrogens is 396 g/mol. The molecule has 0 atom stereocenters. The molecule has 0 fully saturated rings. The van der Waals surface area contributed by atoms with Gasteiger partial charge in [0.2, 0.25) is 0 Å². The lowest BCUT2D eigenvalue weighted by molar-refractivity contribution is -0.124. The molecule has 0 saturated heterocycles. The number of hydrazone groups is 1. The molecule has 0 heterocycles. The van der Waals surface area contributed by atoms with Gasteiger partial charge in [-0.2, -0.15) is 5.10 Å². The van der Waals surface area contributed by atoms with Crippen molar-refractivity contribution in [1.82, 2.24) is 5.43 Å². The first kappa shape index (κ1) is 21.4. The van der Waals surface area contributed by atoms with Crippen LogP contribution in [0.25, 0.3) is 0 Å². The van der Waals surface area contributed by atoms with Crippen LogP contribution in [0.3, 0.4) is 0 Å². The predicted octanol–water partition coefficient (Wildman–Crippen LogP) is 3.20. The molecule has 0 bridgehead atoms. The molecule has 0 aromatic heterocycles. The second-order valence-corrected chi connectivity index (χ2v) is 6.37. The van der Waals surface area contributed by atoms with Crippen LogP contribution >= 0.6 is 0 Å². The second kappa shape index (κ2) is 10.5. The number of methoxy groups -OCH3 is 1. The van der Waals surface area contributed by atoms with Crippen LogP contribution in [-0.2, 0) is 14.3 Å². The Hall–Kier alpha value is -4.26. The fourth-order valence-electron chi connectivity index (χ4n) is 2.71. The monoisotopic (exact) mass is 416 g/mol. The van der Waals surface area contributed by atoms with E-state index < -0.39 is 24.5 Å². The zero-order valence-corrected chi connectivity index (χ0v) is 16.8. The maximum absolute atomic E-state index is 12.2. The van der Waals surface area contributed by atoms with Crippen LogP contribution in [0.2, 0.25) is 0 Å². The van der Waals surface area contributed by atoms with E-state index in [1.54, 1.807) is 0 Å². The Kier molecular flexibility index (Phi) is 7.26. The highest BCUT2D eigenvalue weighted by Crippen LogP contribution is 2.10. The summed E-state index contributed by atoms with van der Waals surface area (Å²) < 4.78 is 9.63. The molecule has 0 aliphatic heterocycles. The maximum atomic E-state index is 12.2. The number of benzene rings is 3. The molecule has 3 aromatic rings. The number of nitrogens with one attached hydrogen (secondary N) is 1. The summed E-state index contributed by atoms with van der Waals surface area (Å²) in [6, 6.07) is 24.6. The van der Waals surface area contributed by atoms with Crippen molar-refractivity contribution in [1.29, 1.82) is 0 Å². The van der Waals surface area contributed by atoms with Gasteiger partial charge in [0.25, 0.3) is 5.91 Å². The smallest absolute Gasteiger partial charge is 0.338 e. The number of amides is 1. The largest absolute Gasteiger partial charge is 0.465 e. The zero-order chi connectivity index (χ0) is 22.1. The van der Waals surface area contributed by atoms with Gasteiger partial charge in [0.05, 0.1) is 23.9 Å². The summed E-state index contributed by atoms with van der Waals surface area (Å²) in [6.07, 6.45) is 0. The van der Waals surface area contributed by atoms with Crippen LogP contribution in [0.4, 0.5) is 0 Å². The SMILES string of the molecule is COC(=O)c1ccc(C(=O)OCC(=O)NN=C(c2ccccc2)c2ccccc2)cc1. The Bertz CT molecular complexity index is 1040. The number of hydrogen-bond donors (Lipinski definition) is 1. The first-order valence-corrected chi connectivity index (χ1v) is 9.41. The number of carbonyl (C=O) groups is 3. The van der Waals surface area contributed by atoms with E-state index in [0.29, 0.717) is 11.3 Å². The van der Waals surface area contributed by atoms with Gasteiger partial charge in [-0.05, 0) is 24.3 Å². The summed E-state index contributed by atoms with van der Waals surface area (Å²) in [5.41, 5.74) is 5.18. The molecule has 0 aliphatic carbocycles. The van der Waals surface area contributed by atoms with Gasteiger partial charge in [-0.25, -0.2) is 15.0 Å². The molecule has 0 saturated carbocycles. The second-order valence-electron chi connectivity index (χ2n) is 6.37. The lowest BCUT2D eigenvalue weighted by Gasteiger charge is -2.08. The third-order valence-corrected chi connectivity index (χ3v) is 4.26. The average Bonchev–Trinajstić information content (AvgIpc) is 2.83. The average molecular weight is 416 g/mol. The number of nitrogens with zero attached hydrogens (tertiary/aromatic N) is 1. The van der Waals surface area contributed by atoms with Crippen molar-refractivity contribution in [3.8, 4) is 0 Å². The molecule has 1 N–H and O–H groups in total. The maximum Gasteiger partial charge on any atom is 0.338 e. The lowest BCUT2D eigenvalue weighted by atomic mass is 10.0. The fraction of sp³-hybridized carbons (Fsp3) is 0.0833. The Morgan fingerprint density at radius 1 is 0.710 bits per heavy atom.